The third-order valence-corrected chi connectivity index (χ3v) is 5.52. The lowest BCUT2D eigenvalue weighted by molar-refractivity contribution is 0.421. The number of nitrogens with one attached hydrogen (secondary N) is 1. The fraction of sp³-hybridized carbons (Fsp3) is 0.692. The maximum atomic E-state index is 12.6. The van der Waals surface area contributed by atoms with Gasteiger partial charge in [-0.1, -0.05) is 6.92 Å². The molecular formula is C13H23N3O2S. The maximum absolute atomic E-state index is 12.6. The molecule has 0 saturated heterocycles. The van der Waals surface area contributed by atoms with E-state index in [-0.39, 0.29) is 6.04 Å². The van der Waals surface area contributed by atoms with Crippen LogP contribution in [0.1, 0.15) is 32.4 Å². The van der Waals surface area contributed by atoms with Gasteiger partial charge in [0, 0.05) is 37.6 Å². The summed E-state index contributed by atoms with van der Waals surface area (Å²) in [6.45, 7) is 5.93. The first kappa shape index (κ1) is 14.6. The Morgan fingerprint density at radius 3 is 2.58 bits per heavy atom. The van der Waals surface area contributed by atoms with E-state index in [0.29, 0.717) is 18.0 Å². The van der Waals surface area contributed by atoms with Crippen molar-refractivity contribution in [1.29, 1.82) is 0 Å². The Hall–Kier alpha value is -0.850. The first-order valence-corrected chi connectivity index (χ1v) is 8.34. The lowest BCUT2D eigenvalue weighted by atomic mass is 10.4. The summed E-state index contributed by atoms with van der Waals surface area (Å²) in [6, 6.07) is 2.01. The van der Waals surface area contributed by atoms with E-state index in [1.54, 1.807) is 16.6 Å². The Bertz CT molecular complexity index is 532. The largest absolute Gasteiger partial charge is 0.349 e. The number of nitrogens with zero attached hydrogens (tertiary/aromatic N) is 2. The van der Waals surface area contributed by atoms with Gasteiger partial charge in [0.25, 0.3) is 0 Å². The van der Waals surface area contributed by atoms with Crippen molar-refractivity contribution in [1.82, 2.24) is 14.2 Å². The van der Waals surface area contributed by atoms with Crippen molar-refractivity contribution in [2.75, 3.05) is 13.6 Å². The molecule has 0 radical (unpaired) electrons. The van der Waals surface area contributed by atoms with Gasteiger partial charge in [-0.15, -0.1) is 0 Å². The lowest BCUT2D eigenvalue weighted by Crippen LogP contribution is -2.32. The van der Waals surface area contributed by atoms with Crippen LogP contribution in [-0.2, 0) is 23.1 Å². The molecule has 1 heterocycles. The number of rotatable bonds is 7. The number of hydrogen-bond acceptors (Lipinski definition) is 3. The van der Waals surface area contributed by atoms with E-state index in [2.05, 4.69) is 5.32 Å². The van der Waals surface area contributed by atoms with Gasteiger partial charge in [0.1, 0.15) is 4.90 Å². The molecule has 1 aliphatic carbocycles. The van der Waals surface area contributed by atoms with Gasteiger partial charge < -0.3 is 9.88 Å². The van der Waals surface area contributed by atoms with Crippen LogP contribution in [0.15, 0.2) is 17.2 Å². The van der Waals surface area contributed by atoms with Gasteiger partial charge in [-0.05, 0) is 32.9 Å². The average molecular weight is 285 g/mol. The molecule has 1 aromatic rings. The van der Waals surface area contributed by atoms with Gasteiger partial charge in [0.2, 0.25) is 10.0 Å². The highest BCUT2D eigenvalue weighted by molar-refractivity contribution is 7.89. The van der Waals surface area contributed by atoms with Gasteiger partial charge in [-0.3, -0.25) is 0 Å². The monoisotopic (exact) mass is 285 g/mol. The Morgan fingerprint density at radius 1 is 1.42 bits per heavy atom. The average Bonchev–Trinajstić information content (AvgIpc) is 3.10. The zero-order valence-electron chi connectivity index (χ0n) is 11.9. The topological polar surface area (TPSA) is 54.3 Å². The summed E-state index contributed by atoms with van der Waals surface area (Å²) in [6.07, 6.45) is 3.74. The molecular weight excluding hydrogens is 262 g/mol. The molecule has 0 aliphatic heterocycles. The van der Waals surface area contributed by atoms with E-state index >= 15 is 0 Å². The Kier molecular flexibility index (Phi) is 4.32. The number of aryl methyl sites for hydroxylation is 1. The highest BCUT2D eigenvalue weighted by Crippen LogP contribution is 2.32. The van der Waals surface area contributed by atoms with Crippen molar-refractivity contribution >= 4 is 10.0 Å². The number of aromatic nitrogens is 1. The summed E-state index contributed by atoms with van der Waals surface area (Å²) in [5.41, 5.74) is 1.01. The Labute approximate surface area is 115 Å². The van der Waals surface area contributed by atoms with E-state index in [4.69, 9.17) is 0 Å². The van der Waals surface area contributed by atoms with Gasteiger partial charge >= 0.3 is 0 Å². The molecule has 0 atom stereocenters. The summed E-state index contributed by atoms with van der Waals surface area (Å²) in [4.78, 5) is 0.424. The van der Waals surface area contributed by atoms with Crippen LogP contribution in [0.25, 0.3) is 0 Å². The predicted octanol–water partition coefficient (Wildman–Crippen LogP) is 1.40. The minimum absolute atomic E-state index is 0.215. The van der Waals surface area contributed by atoms with Crippen LogP contribution >= 0.6 is 0 Å². The molecule has 0 unspecified atom stereocenters. The molecule has 2 rings (SSSR count). The maximum Gasteiger partial charge on any atom is 0.244 e. The van der Waals surface area contributed by atoms with Gasteiger partial charge in [-0.2, -0.15) is 4.31 Å². The van der Waals surface area contributed by atoms with Crippen LogP contribution in [-0.4, -0.2) is 36.9 Å². The van der Waals surface area contributed by atoms with Gasteiger partial charge in [0.05, 0.1) is 0 Å². The van der Waals surface area contributed by atoms with Crippen LogP contribution in [0.5, 0.6) is 0 Å². The van der Waals surface area contributed by atoms with Gasteiger partial charge in [-0.25, -0.2) is 8.42 Å². The molecule has 1 N–H and O–H groups in total. The number of hydrogen-bond donors (Lipinski definition) is 1. The molecule has 1 aliphatic rings. The smallest absolute Gasteiger partial charge is 0.244 e. The molecule has 5 nitrogen and oxygen atoms in total. The summed E-state index contributed by atoms with van der Waals surface area (Å²) in [7, 11) is -1.47. The highest BCUT2D eigenvalue weighted by atomic mass is 32.2. The lowest BCUT2D eigenvalue weighted by Gasteiger charge is -2.18. The van der Waals surface area contributed by atoms with Gasteiger partial charge in [0.15, 0.2) is 0 Å². The minimum Gasteiger partial charge on any atom is -0.349 e. The van der Waals surface area contributed by atoms with Crippen molar-refractivity contribution in [3.8, 4) is 0 Å². The Balaban J connectivity index is 2.34. The zero-order valence-corrected chi connectivity index (χ0v) is 12.7. The van der Waals surface area contributed by atoms with Crippen molar-refractivity contribution < 1.29 is 8.42 Å². The quantitative estimate of drug-likeness (QED) is 0.824. The summed E-state index contributed by atoms with van der Waals surface area (Å²) < 4.78 is 28.9. The highest BCUT2D eigenvalue weighted by Gasteiger charge is 2.37. The molecule has 0 bridgehead atoms. The second-order valence-corrected chi connectivity index (χ2v) is 6.81. The van der Waals surface area contributed by atoms with Crippen molar-refractivity contribution in [3.05, 3.63) is 18.0 Å². The van der Waals surface area contributed by atoms with E-state index in [0.717, 1.165) is 25.1 Å². The van der Waals surface area contributed by atoms with Crippen molar-refractivity contribution in [2.45, 2.75) is 50.7 Å². The van der Waals surface area contributed by atoms with Crippen LogP contribution in [0.2, 0.25) is 0 Å². The summed E-state index contributed by atoms with van der Waals surface area (Å²) in [5, 5.41) is 3.07. The molecule has 108 valence electrons. The van der Waals surface area contributed by atoms with E-state index in [9.17, 15) is 8.42 Å². The fourth-order valence-electron chi connectivity index (χ4n) is 2.41. The minimum atomic E-state index is -3.33. The fourth-order valence-corrected chi connectivity index (χ4v) is 4.17. The zero-order chi connectivity index (χ0) is 14.0. The van der Waals surface area contributed by atoms with E-state index in [1.165, 1.54) is 0 Å². The second kappa shape index (κ2) is 5.64. The first-order valence-electron chi connectivity index (χ1n) is 6.90. The Morgan fingerprint density at radius 2 is 2.11 bits per heavy atom. The van der Waals surface area contributed by atoms with Crippen LogP contribution < -0.4 is 5.32 Å². The van der Waals surface area contributed by atoms with E-state index < -0.39 is 10.0 Å². The third kappa shape index (κ3) is 2.85. The third-order valence-electron chi connectivity index (χ3n) is 3.53. The molecule has 0 aromatic carbocycles. The molecule has 1 fully saturated rings. The van der Waals surface area contributed by atoms with Crippen molar-refractivity contribution in [2.24, 2.45) is 0 Å². The molecule has 0 amide bonds. The molecule has 1 saturated carbocycles. The molecule has 19 heavy (non-hydrogen) atoms. The number of sulfonamides is 1. The SMILES string of the molecule is CCN(C1CC1)S(=O)(=O)c1cc(CNC)n(CC)c1. The van der Waals surface area contributed by atoms with Crippen LogP contribution in [0.3, 0.4) is 0 Å². The standard InChI is InChI=1S/C13H23N3O2S/c1-4-15-10-13(8-12(15)9-14-3)19(17,18)16(5-2)11-6-7-11/h8,10-11,14H,4-7,9H2,1-3H3. The van der Waals surface area contributed by atoms with Crippen LogP contribution in [0, 0.1) is 0 Å². The van der Waals surface area contributed by atoms with E-state index in [1.807, 2.05) is 25.5 Å². The molecule has 6 heteroatoms. The summed E-state index contributed by atoms with van der Waals surface area (Å²) >= 11 is 0. The second-order valence-electron chi connectivity index (χ2n) is 4.92. The van der Waals surface area contributed by atoms with Crippen LogP contribution in [0.4, 0.5) is 0 Å². The summed E-state index contributed by atoms with van der Waals surface area (Å²) in [5.74, 6) is 0. The normalized spacial score (nSPS) is 16.2. The predicted molar refractivity (Wildman–Crippen MR) is 75.5 cm³/mol. The molecule has 1 aromatic heterocycles. The first-order chi connectivity index (χ1) is 9.04. The van der Waals surface area contributed by atoms with Crippen molar-refractivity contribution in [3.63, 3.8) is 0 Å². The molecule has 0 spiro atoms.